The summed E-state index contributed by atoms with van der Waals surface area (Å²) in [5, 5.41) is 0. The van der Waals surface area contributed by atoms with Crippen molar-refractivity contribution in [2.45, 2.75) is 97.8 Å². The van der Waals surface area contributed by atoms with Gasteiger partial charge in [-0.05, 0) is 131 Å². The molecule has 0 N–H and O–H groups in total. The van der Waals surface area contributed by atoms with E-state index in [0.29, 0.717) is 0 Å². The maximum Gasteiger partial charge on any atom is 0.252 e. The van der Waals surface area contributed by atoms with Gasteiger partial charge >= 0.3 is 0 Å². The fourth-order valence-corrected chi connectivity index (χ4v) is 10.2. The summed E-state index contributed by atoms with van der Waals surface area (Å²) < 4.78 is 0. The number of hydrogen-bond donors (Lipinski definition) is 0. The Morgan fingerprint density at radius 2 is 0.967 bits per heavy atom. The summed E-state index contributed by atoms with van der Waals surface area (Å²) in [6, 6.07) is 56.1. The van der Waals surface area contributed by atoms with E-state index in [2.05, 4.69) is 232 Å². The molecule has 7 aromatic carbocycles. The Balaban J connectivity index is 1.30. The van der Waals surface area contributed by atoms with Gasteiger partial charge in [0, 0.05) is 39.5 Å². The zero-order valence-electron chi connectivity index (χ0n) is 37.3. The first-order chi connectivity index (χ1) is 28.4. The molecule has 0 saturated carbocycles. The Morgan fingerprint density at radius 3 is 1.63 bits per heavy atom. The third-order valence-corrected chi connectivity index (χ3v) is 13.7. The minimum absolute atomic E-state index is 0.0259. The largest absolute Gasteiger partial charge is 0.311 e. The predicted octanol–water partition coefficient (Wildman–Crippen LogP) is 13.6. The molecule has 0 spiro atoms. The molecule has 0 bridgehead atoms. The van der Waals surface area contributed by atoms with Gasteiger partial charge in [-0.1, -0.05) is 173 Å². The molecular weight excluding hydrogens is 723 g/mol. The van der Waals surface area contributed by atoms with Crippen molar-refractivity contribution in [1.29, 1.82) is 0 Å². The lowest BCUT2D eigenvalue weighted by Crippen LogP contribution is -2.61. The molecule has 1 aliphatic carbocycles. The van der Waals surface area contributed by atoms with Crippen molar-refractivity contribution in [1.82, 2.24) is 0 Å². The molecule has 10 rings (SSSR count). The van der Waals surface area contributed by atoms with E-state index < -0.39 is 0 Å². The lowest BCUT2D eigenvalue weighted by atomic mass is 9.33. The number of fused-ring (bicyclic) bond motifs is 7. The van der Waals surface area contributed by atoms with Gasteiger partial charge in [0.15, 0.2) is 0 Å². The van der Waals surface area contributed by atoms with E-state index in [0.717, 1.165) is 0 Å². The van der Waals surface area contributed by atoms with Gasteiger partial charge in [0.1, 0.15) is 0 Å². The molecule has 0 unspecified atom stereocenters. The zero-order valence-corrected chi connectivity index (χ0v) is 37.3. The van der Waals surface area contributed by atoms with E-state index in [1.54, 1.807) is 0 Å². The number of nitrogens with zero attached hydrogens (tertiary/aromatic N) is 2. The molecule has 3 heteroatoms. The quantitative estimate of drug-likeness (QED) is 0.165. The Labute approximate surface area is 359 Å². The Hall–Kier alpha value is -5.80. The maximum absolute atomic E-state index is 2.63. The molecule has 0 aromatic heterocycles. The van der Waals surface area contributed by atoms with Crippen LogP contribution < -0.4 is 26.2 Å². The summed E-state index contributed by atoms with van der Waals surface area (Å²) in [6.07, 6.45) is 0. The van der Waals surface area contributed by atoms with Gasteiger partial charge in [-0.2, -0.15) is 0 Å². The van der Waals surface area contributed by atoms with Crippen LogP contribution in [0.5, 0.6) is 0 Å². The molecular formula is C57H57BN2. The van der Waals surface area contributed by atoms with Crippen LogP contribution in [0.25, 0.3) is 22.3 Å². The summed E-state index contributed by atoms with van der Waals surface area (Å²) in [5.74, 6) is 0. The number of benzene rings is 7. The Bertz CT molecular complexity index is 2840. The molecule has 7 aromatic rings. The standard InChI is InChI=1S/C57H57BN2/c1-54(2,3)38-22-25-41(26-23-38)59-49-30-21-37(36-17-13-12-14-18-36)31-48(49)58-47-29-24-39(55(4,5)6)32-50(47)60(52-34-40(56(7,8)9)33-51(59)53(52)58)42-27-28-44-43-19-15-16-20-45(43)57(10,11)46(44)35-42/h12-35H,1-11H3. The van der Waals surface area contributed by atoms with Crippen molar-refractivity contribution in [3.63, 3.8) is 0 Å². The van der Waals surface area contributed by atoms with Crippen LogP contribution in [0, 0.1) is 0 Å². The zero-order chi connectivity index (χ0) is 42.1. The van der Waals surface area contributed by atoms with Crippen LogP contribution in [0.4, 0.5) is 34.1 Å². The highest BCUT2D eigenvalue weighted by Gasteiger charge is 2.45. The lowest BCUT2D eigenvalue weighted by Gasteiger charge is -2.45. The molecule has 2 heterocycles. The average Bonchev–Trinajstić information content (AvgIpc) is 3.44. The molecule has 0 radical (unpaired) electrons. The minimum Gasteiger partial charge on any atom is -0.311 e. The van der Waals surface area contributed by atoms with Crippen molar-refractivity contribution in [3.8, 4) is 22.3 Å². The van der Waals surface area contributed by atoms with Gasteiger partial charge in [0.05, 0.1) is 0 Å². The van der Waals surface area contributed by atoms with E-state index >= 15 is 0 Å². The average molecular weight is 781 g/mol. The van der Waals surface area contributed by atoms with Crippen LogP contribution >= 0.6 is 0 Å². The molecule has 0 amide bonds. The first-order valence-corrected chi connectivity index (χ1v) is 21.9. The summed E-state index contributed by atoms with van der Waals surface area (Å²) in [7, 11) is 0. The van der Waals surface area contributed by atoms with Gasteiger partial charge in [-0.15, -0.1) is 0 Å². The maximum atomic E-state index is 2.63. The van der Waals surface area contributed by atoms with E-state index in [1.807, 2.05) is 0 Å². The van der Waals surface area contributed by atoms with E-state index in [1.165, 1.54) is 101 Å². The smallest absolute Gasteiger partial charge is 0.252 e. The first kappa shape index (κ1) is 38.4. The van der Waals surface area contributed by atoms with Crippen LogP contribution in [0.15, 0.2) is 146 Å². The second-order valence-electron chi connectivity index (χ2n) is 21.1. The van der Waals surface area contributed by atoms with Crippen LogP contribution in [-0.2, 0) is 21.7 Å². The number of rotatable bonds is 3. The minimum atomic E-state index is -0.119. The van der Waals surface area contributed by atoms with Crippen molar-refractivity contribution >= 4 is 57.2 Å². The van der Waals surface area contributed by atoms with Crippen LogP contribution in [0.2, 0.25) is 0 Å². The highest BCUT2D eigenvalue weighted by molar-refractivity contribution is 7.00. The summed E-state index contributed by atoms with van der Waals surface area (Å²) in [4.78, 5) is 5.19. The Morgan fingerprint density at radius 1 is 0.400 bits per heavy atom. The van der Waals surface area contributed by atoms with Gasteiger partial charge in [0.25, 0.3) is 6.71 Å². The van der Waals surface area contributed by atoms with Gasteiger partial charge in [0.2, 0.25) is 0 Å². The third-order valence-electron chi connectivity index (χ3n) is 13.7. The fraction of sp³-hybridized carbons (Fsp3) is 0.263. The second kappa shape index (κ2) is 13.1. The first-order valence-electron chi connectivity index (χ1n) is 21.9. The predicted molar refractivity (Wildman–Crippen MR) is 260 cm³/mol. The SMILES string of the molecule is CC(C)(C)c1ccc(N2c3ccc(-c4ccccc4)cc3B3c4ccc(C(C)(C)C)cc4N(c4ccc5c(c4)C(C)(C)c4ccccc4-5)c4cc(C(C)(C)C)cc2c43)cc1. The lowest BCUT2D eigenvalue weighted by molar-refractivity contribution is 0.589. The van der Waals surface area contributed by atoms with E-state index in [9.17, 15) is 0 Å². The van der Waals surface area contributed by atoms with Crippen LogP contribution in [-0.4, -0.2) is 6.71 Å². The van der Waals surface area contributed by atoms with Gasteiger partial charge in [-0.25, -0.2) is 0 Å². The third kappa shape index (κ3) is 5.91. The molecule has 2 aliphatic heterocycles. The highest BCUT2D eigenvalue weighted by Crippen LogP contribution is 2.52. The van der Waals surface area contributed by atoms with Crippen molar-refractivity contribution in [2.24, 2.45) is 0 Å². The normalized spacial score (nSPS) is 14.9. The van der Waals surface area contributed by atoms with E-state index in [-0.39, 0.29) is 28.4 Å². The van der Waals surface area contributed by atoms with Gasteiger partial charge in [-0.3, -0.25) is 0 Å². The fourth-order valence-electron chi connectivity index (χ4n) is 10.2. The summed E-state index contributed by atoms with van der Waals surface area (Å²) >= 11 is 0. The molecule has 0 atom stereocenters. The van der Waals surface area contributed by atoms with E-state index in [4.69, 9.17) is 0 Å². The van der Waals surface area contributed by atoms with Crippen molar-refractivity contribution in [2.75, 3.05) is 9.80 Å². The van der Waals surface area contributed by atoms with Crippen molar-refractivity contribution < 1.29 is 0 Å². The molecule has 0 fully saturated rings. The van der Waals surface area contributed by atoms with Crippen LogP contribution in [0.3, 0.4) is 0 Å². The summed E-state index contributed by atoms with van der Waals surface area (Å²) in [5.41, 5.74) is 23.2. The molecule has 60 heavy (non-hydrogen) atoms. The van der Waals surface area contributed by atoms with Crippen molar-refractivity contribution in [3.05, 3.63) is 173 Å². The number of anilines is 6. The topological polar surface area (TPSA) is 6.48 Å². The van der Waals surface area contributed by atoms with Gasteiger partial charge < -0.3 is 9.80 Å². The molecule has 0 saturated heterocycles. The monoisotopic (exact) mass is 780 g/mol. The molecule has 2 nitrogen and oxygen atoms in total. The number of hydrogen-bond acceptors (Lipinski definition) is 2. The van der Waals surface area contributed by atoms with Crippen LogP contribution in [0.1, 0.15) is 104 Å². The Kier molecular flexibility index (Phi) is 8.39. The second-order valence-corrected chi connectivity index (χ2v) is 21.1. The highest BCUT2D eigenvalue weighted by atomic mass is 15.2. The molecule has 3 aliphatic rings. The molecule has 298 valence electrons. The summed E-state index contributed by atoms with van der Waals surface area (Å²) in [6.45, 7) is 25.8.